The molecule has 6 nitrogen and oxygen atoms in total. The van der Waals surface area contributed by atoms with Gasteiger partial charge in [0.15, 0.2) is 0 Å². The quantitative estimate of drug-likeness (QED) is 0.680. The summed E-state index contributed by atoms with van der Waals surface area (Å²) in [6, 6.07) is 8.65. The van der Waals surface area contributed by atoms with E-state index in [1.807, 2.05) is 6.92 Å². The number of ether oxygens (including phenoxy) is 1. The SMILES string of the molecule is Cc1ccc(Cl)c(Oc2ccc(C(=O)O)c([N+](=O)[O-])c2)c1. The highest BCUT2D eigenvalue weighted by Gasteiger charge is 2.21. The molecule has 0 aliphatic heterocycles. The Labute approximate surface area is 124 Å². The Hall–Kier alpha value is -2.60. The summed E-state index contributed by atoms with van der Waals surface area (Å²) < 4.78 is 5.49. The summed E-state index contributed by atoms with van der Waals surface area (Å²) in [5.74, 6) is -0.893. The predicted molar refractivity (Wildman–Crippen MR) is 76.3 cm³/mol. The van der Waals surface area contributed by atoms with Gasteiger partial charge in [0, 0.05) is 0 Å². The number of carboxylic acid groups (broad SMARTS) is 1. The Kier molecular flexibility index (Phi) is 4.09. The van der Waals surface area contributed by atoms with E-state index in [1.165, 1.54) is 6.07 Å². The number of nitrogens with zero attached hydrogens (tertiary/aromatic N) is 1. The molecule has 0 atom stereocenters. The molecule has 0 bridgehead atoms. The van der Waals surface area contributed by atoms with Crippen LogP contribution in [-0.4, -0.2) is 16.0 Å². The molecule has 21 heavy (non-hydrogen) atoms. The van der Waals surface area contributed by atoms with Gasteiger partial charge in [-0.05, 0) is 36.8 Å². The topological polar surface area (TPSA) is 89.7 Å². The van der Waals surface area contributed by atoms with E-state index >= 15 is 0 Å². The number of carbonyl (C=O) groups is 1. The predicted octanol–water partition coefficient (Wildman–Crippen LogP) is 4.05. The number of aryl methyl sites for hydroxylation is 1. The van der Waals surface area contributed by atoms with E-state index in [2.05, 4.69) is 0 Å². The minimum absolute atomic E-state index is 0.138. The van der Waals surface area contributed by atoms with Gasteiger partial charge in [0.05, 0.1) is 16.0 Å². The maximum absolute atomic E-state index is 10.9. The zero-order valence-electron chi connectivity index (χ0n) is 10.9. The fraction of sp³-hybridized carbons (Fsp3) is 0.0714. The normalized spacial score (nSPS) is 10.2. The van der Waals surface area contributed by atoms with Crippen LogP contribution >= 0.6 is 11.6 Å². The minimum atomic E-state index is -1.37. The van der Waals surface area contributed by atoms with Crippen molar-refractivity contribution in [3.63, 3.8) is 0 Å². The molecule has 0 radical (unpaired) electrons. The van der Waals surface area contributed by atoms with Crippen LogP contribution in [0.25, 0.3) is 0 Å². The molecule has 0 heterocycles. The molecule has 0 unspecified atom stereocenters. The van der Waals surface area contributed by atoms with E-state index in [1.54, 1.807) is 18.2 Å². The second-order valence-corrected chi connectivity index (χ2v) is 4.68. The van der Waals surface area contributed by atoms with Crippen LogP contribution in [0.15, 0.2) is 36.4 Å². The van der Waals surface area contributed by atoms with Crippen molar-refractivity contribution in [3.8, 4) is 11.5 Å². The van der Waals surface area contributed by atoms with Crippen molar-refractivity contribution in [1.29, 1.82) is 0 Å². The number of halogens is 1. The number of benzene rings is 2. The van der Waals surface area contributed by atoms with Crippen molar-refractivity contribution >= 4 is 23.3 Å². The summed E-state index contributed by atoms with van der Waals surface area (Å²) in [7, 11) is 0. The monoisotopic (exact) mass is 307 g/mol. The molecule has 0 saturated carbocycles. The van der Waals surface area contributed by atoms with Gasteiger partial charge >= 0.3 is 5.97 Å². The Morgan fingerprint density at radius 1 is 1.29 bits per heavy atom. The van der Waals surface area contributed by atoms with Crippen LogP contribution in [-0.2, 0) is 0 Å². The lowest BCUT2D eigenvalue weighted by Crippen LogP contribution is -2.02. The fourth-order valence-electron chi connectivity index (χ4n) is 1.72. The standard InChI is InChI=1S/C14H10ClNO5/c1-8-2-5-11(15)13(6-8)21-9-3-4-10(14(17)18)12(7-9)16(19)20/h2-7H,1H3,(H,17,18). The molecule has 1 N–H and O–H groups in total. The number of nitro benzene ring substituents is 1. The molecule has 2 aromatic carbocycles. The molecule has 0 aliphatic rings. The summed E-state index contributed by atoms with van der Waals surface area (Å²) in [4.78, 5) is 21.1. The number of aromatic carboxylic acids is 1. The van der Waals surface area contributed by atoms with Gasteiger partial charge in [-0.3, -0.25) is 10.1 Å². The van der Waals surface area contributed by atoms with Gasteiger partial charge in [0.2, 0.25) is 0 Å². The van der Waals surface area contributed by atoms with Crippen LogP contribution in [0.1, 0.15) is 15.9 Å². The number of nitro groups is 1. The summed E-state index contributed by atoms with van der Waals surface area (Å²) in [6.07, 6.45) is 0. The van der Waals surface area contributed by atoms with E-state index in [9.17, 15) is 14.9 Å². The smallest absolute Gasteiger partial charge is 0.342 e. The first-order chi connectivity index (χ1) is 9.88. The highest BCUT2D eigenvalue weighted by atomic mass is 35.5. The molecule has 0 spiro atoms. The van der Waals surface area contributed by atoms with Crippen LogP contribution in [0.4, 0.5) is 5.69 Å². The molecule has 0 aromatic heterocycles. The van der Waals surface area contributed by atoms with E-state index in [0.717, 1.165) is 17.7 Å². The Bertz CT molecular complexity index is 729. The molecule has 0 saturated heterocycles. The summed E-state index contributed by atoms with van der Waals surface area (Å²) in [5, 5.41) is 20.2. The maximum atomic E-state index is 10.9. The lowest BCUT2D eigenvalue weighted by molar-refractivity contribution is -0.385. The minimum Gasteiger partial charge on any atom is -0.477 e. The summed E-state index contributed by atoms with van der Waals surface area (Å²) in [5.41, 5.74) is -0.0301. The van der Waals surface area contributed by atoms with Crippen molar-refractivity contribution < 1.29 is 19.6 Å². The second kappa shape index (κ2) is 5.80. The highest BCUT2D eigenvalue weighted by Crippen LogP contribution is 2.32. The highest BCUT2D eigenvalue weighted by molar-refractivity contribution is 6.32. The van der Waals surface area contributed by atoms with Crippen LogP contribution in [0, 0.1) is 17.0 Å². The van der Waals surface area contributed by atoms with E-state index in [0.29, 0.717) is 10.8 Å². The van der Waals surface area contributed by atoms with Gasteiger partial charge in [-0.1, -0.05) is 17.7 Å². The van der Waals surface area contributed by atoms with Crippen molar-refractivity contribution in [1.82, 2.24) is 0 Å². The van der Waals surface area contributed by atoms with E-state index < -0.39 is 22.1 Å². The third kappa shape index (κ3) is 3.29. The zero-order valence-corrected chi connectivity index (χ0v) is 11.6. The Balaban J connectivity index is 2.41. The average Bonchev–Trinajstić information content (AvgIpc) is 2.42. The zero-order chi connectivity index (χ0) is 15.6. The Morgan fingerprint density at radius 3 is 2.62 bits per heavy atom. The average molecular weight is 308 g/mol. The number of hydrogen-bond acceptors (Lipinski definition) is 4. The van der Waals surface area contributed by atoms with Crippen molar-refractivity contribution in [2.45, 2.75) is 6.92 Å². The molecule has 2 aromatic rings. The lowest BCUT2D eigenvalue weighted by Gasteiger charge is -2.09. The molecule has 0 amide bonds. The van der Waals surface area contributed by atoms with Crippen LogP contribution in [0.3, 0.4) is 0 Å². The third-order valence-corrected chi connectivity index (χ3v) is 3.02. The first kappa shape index (κ1) is 14.8. The number of hydrogen-bond donors (Lipinski definition) is 1. The van der Waals surface area contributed by atoms with E-state index in [4.69, 9.17) is 21.4 Å². The summed E-state index contributed by atoms with van der Waals surface area (Å²) in [6.45, 7) is 1.85. The largest absolute Gasteiger partial charge is 0.477 e. The van der Waals surface area contributed by atoms with Crippen LogP contribution in [0.2, 0.25) is 5.02 Å². The molecule has 0 aliphatic carbocycles. The Morgan fingerprint density at radius 2 is 2.00 bits per heavy atom. The van der Waals surface area contributed by atoms with Crippen LogP contribution in [0.5, 0.6) is 11.5 Å². The molecule has 7 heteroatoms. The number of carboxylic acids is 1. The van der Waals surface area contributed by atoms with Crippen molar-refractivity contribution in [2.24, 2.45) is 0 Å². The second-order valence-electron chi connectivity index (χ2n) is 4.28. The van der Waals surface area contributed by atoms with Gasteiger partial charge in [-0.25, -0.2) is 4.79 Å². The van der Waals surface area contributed by atoms with Gasteiger partial charge in [0.25, 0.3) is 5.69 Å². The first-order valence-electron chi connectivity index (χ1n) is 5.84. The third-order valence-electron chi connectivity index (χ3n) is 2.71. The molecule has 2 rings (SSSR count). The first-order valence-corrected chi connectivity index (χ1v) is 6.22. The molecule has 108 valence electrons. The van der Waals surface area contributed by atoms with Crippen molar-refractivity contribution in [3.05, 3.63) is 62.7 Å². The lowest BCUT2D eigenvalue weighted by atomic mass is 10.1. The fourth-order valence-corrected chi connectivity index (χ4v) is 1.88. The molecule has 0 fully saturated rings. The molecular weight excluding hydrogens is 298 g/mol. The van der Waals surface area contributed by atoms with Gasteiger partial charge < -0.3 is 9.84 Å². The van der Waals surface area contributed by atoms with Crippen LogP contribution < -0.4 is 4.74 Å². The summed E-state index contributed by atoms with van der Waals surface area (Å²) >= 11 is 5.98. The van der Waals surface area contributed by atoms with Gasteiger partial charge in [-0.2, -0.15) is 0 Å². The number of rotatable bonds is 4. The van der Waals surface area contributed by atoms with Gasteiger partial charge in [0.1, 0.15) is 17.1 Å². The van der Waals surface area contributed by atoms with Gasteiger partial charge in [-0.15, -0.1) is 0 Å². The van der Waals surface area contributed by atoms with E-state index in [-0.39, 0.29) is 5.75 Å². The van der Waals surface area contributed by atoms with Crippen molar-refractivity contribution in [2.75, 3.05) is 0 Å². The molecular formula is C14H10ClNO5. The maximum Gasteiger partial charge on any atom is 0.342 e.